The molecule has 8 heteroatoms. The molecule has 0 aliphatic carbocycles. The Hall–Kier alpha value is -3.42. The van der Waals surface area contributed by atoms with Gasteiger partial charge in [-0.25, -0.2) is 9.02 Å². The average molecular weight is 385 g/mol. The van der Waals surface area contributed by atoms with Crippen LogP contribution in [0.3, 0.4) is 0 Å². The number of anilines is 1. The predicted molar refractivity (Wildman–Crippen MR) is 101 cm³/mol. The van der Waals surface area contributed by atoms with Crippen molar-refractivity contribution in [2.45, 2.75) is 26.4 Å². The van der Waals surface area contributed by atoms with Crippen LogP contribution in [-0.2, 0) is 4.79 Å². The normalized spacial score (nSPS) is 11.7. The number of nitrogens with zero attached hydrogens (tertiary/aromatic N) is 2. The summed E-state index contributed by atoms with van der Waals surface area (Å²) in [6.45, 7) is 4.25. The number of hydrogen-bond acceptors (Lipinski definition) is 6. The van der Waals surface area contributed by atoms with Crippen LogP contribution >= 0.6 is 0 Å². The van der Waals surface area contributed by atoms with E-state index in [-0.39, 0.29) is 11.6 Å². The fourth-order valence-corrected chi connectivity index (χ4v) is 2.38. The second-order valence-corrected chi connectivity index (χ2v) is 6.04. The van der Waals surface area contributed by atoms with Crippen molar-refractivity contribution < 1.29 is 23.3 Å². The highest BCUT2D eigenvalue weighted by Crippen LogP contribution is 2.26. The fraction of sp³-hybridized carbons (Fsp3) is 0.250. The minimum absolute atomic E-state index is 0.182. The maximum absolute atomic E-state index is 13.0. The molecule has 1 aromatic heterocycles. The lowest BCUT2D eigenvalue weighted by molar-refractivity contribution is -0.122. The lowest BCUT2D eigenvalue weighted by atomic mass is 10.1. The van der Waals surface area contributed by atoms with Gasteiger partial charge in [0.15, 0.2) is 11.8 Å². The summed E-state index contributed by atoms with van der Waals surface area (Å²) in [5.74, 6) is 0.485. The molecule has 0 radical (unpaired) electrons. The zero-order valence-corrected chi connectivity index (χ0v) is 15.5. The Morgan fingerprint density at radius 2 is 1.79 bits per heavy atom. The number of aromatic nitrogens is 2. The summed E-state index contributed by atoms with van der Waals surface area (Å²) in [5, 5.41) is 10.2. The zero-order chi connectivity index (χ0) is 19.9. The Morgan fingerprint density at radius 1 is 1.11 bits per heavy atom. The van der Waals surface area contributed by atoms with Gasteiger partial charge in [0, 0.05) is 5.56 Å². The van der Waals surface area contributed by atoms with Crippen molar-refractivity contribution in [3.8, 4) is 22.8 Å². The van der Waals surface area contributed by atoms with E-state index < -0.39 is 12.0 Å². The third-order valence-corrected chi connectivity index (χ3v) is 3.83. The van der Waals surface area contributed by atoms with Gasteiger partial charge in [0.1, 0.15) is 17.3 Å². The fourth-order valence-electron chi connectivity index (χ4n) is 2.38. The minimum Gasteiger partial charge on any atom is -0.494 e. The van der Waals surface area contributed by atoms with Gasteiger partial charge < -0.3 is 14.8 Å². The topological polar surface area (TPSA) is 86.5 Å². The molecule has 0 fully saturated rings. The molecule has 7 nitrogen and oxygen atoms in total. The van der Waals surface area contributed by atoms with Gasteiger partial charge in [-0.2, -0.15) is 0 Å². The molecule has 1 atom stereocenters. The molecule has 1 heterocycles. The first-order valence-corrected chi connectivity index (χ1v) is 8.85. The van der Waals surface area contributed by atoms with E-state index in [4.69, 9.17) is 14.1 Å². The molecule has 0 aliphatic heterocycles. The monoisotopic (exact) mass is 385 g/mol. The number of benzene rings is 2. The Bertz CT molecular complexity index is 910. The molecule has 0 bridgehead atoms. The van der Waals surface area contributed by atoms with Gasteiger partial charge in [-0.05, 0) is 72.2 Å². The number of amides is 1. The Balaban J connectivity index is 1.66. The molecule has 2 aromatic carbocycles. The molecule has 1 N–H and O–H groups in total. The molecular weight excluding hydrogens is 365 g/mol. The second kappa shape index (κ2) is 8.98. The van der Waals surface area contributed by atoms with Crippen molar-refractivity contribution in [1.29, 1.82) is 0 Å². The van der Waals surface area contributed by atoms with Gasteiger partial charge in [0.25, 0.3) is 5.91 Å². The quantitative estimate of drug-likeness (QED) is 0.629. The van der Waals surface area contributed by atoms with Gasteiger partial charge in [-0.1, -0.05) is 6.92 Å². The van der Waals surface area contributed by atoms with E-state index in [1.165, 1.54) is 24.3 Å². The first kappa shape index (κ1) is 19.3. The van der Waals surface area contributed by atoms with Crippen LogP contribution in [0, 0.1) is 5.82 Å². The minimum atomic E-state index is -0.833. The number of carbonyl (C=O) groups excluding carboxylic acids is 1. The molecule has 0 spiro atoms. The van der Waals surface area contributed by atoms with Crippen LogP contribution in [0.2, 0.25) is 0 Å². The molecule has 1 amide bonds. The predicted octanol–water partition coefficient (Wildman–Crippen LogP) is 4.07. The summed E-state index contributed by atoms with van der Waals surface area (Å²) in [5.41, 5.74) is 1.11. The average Bonchev–Trinajstić information content (AvgIpc) is 3.16. The third kappa shape index (κ3) is 4.85. The molecular formula is C20H20FN3O4. The highest BCUT2D eigenvalue weighted by Gasteiger charge is 2.20. The van der Waals surface area contributed by atoms with Crippen LogP contribution in [-0.4, -0.2) is 28.9 Å². The lowest BCUT2D eigenvalue weighted by Crippen LogP contribution is -2.30. The number of nitrogens with one attached hydrogen (secondary N) is 1. The van der Waals surface area contributed by atoms with E-state index in [9.17, 15) is 9.18 Å². The highest BCUT2D eigenvalue weighted by atomic mass is 19.1. The standard InChI is InChI=1S/C20H20FN3O4/c1-3-12-26-16-8-4-14(5-9-16)18-19(24-28-23-18)22-20(25)13(2)27-17-10-6-15(21)7-11-17/h4-11,13H,3,12H2,1-2H3,(H,22,24,25)/t13-/m0/s1. The van der Waals surface area contributed by atoms with E-state index in [0.717, 1.165) is 12.2 Å². The number of carbonyl (C=O) groups is 1. The van der Waals surface area contributed by atoms with Crippen molar-refractivity contribution in [3.05, 3.63) is 54.3 Å². The molecule has 3 aromatic rings. The number of rotatable bonds is 8. The summed E-state index contributed by atoms with van der Waals surface area (Å²) >= 11 is 0. The summed E-state index contributed by atoms with van der Waals surface area (Å²) in [6.07, 6.45) is 0.0865. The summed E-state index contributed by atoms with van der Waals surface area (Å²) in [4.78, 5) is 12.4. The van der Waals surface area contributed by atoms with Crippen molar-refractivity contribution >= 4 is 11.7 Å². The number of halogens is 1. The molecule has 146 valence electrons. The van der Waals surface area contributed by atoms with Crippen molar-refractivity contribution in [2.75, 3.05) is 11.9 Å². The first-order chi connectivity index (χ1) is 13.6. The van der Waals surface area contributed by atoms with E-state index >= 15 is 0 Å². The maximum atomic E-state index is 13.0. The van der Waals surface area contributed by atoms with Crippen LogP contribution in [0.25, 0.3) is 11.3 Å². The molecule has 0 aliphatic rings. The van der Waals surface area contributed by atoms with E-state index in [2.05, 4.69) is 15.6 Å². The third-order valence-electron chi connectivity index (χ3n) is 3.83. The maximum Gasteiger partial charge on any atom is 0.266 e. The highest BCUT2D eigenvalue weighted by molar-refractivity contribution is 5.95. The Labute approximate surface area is 161 Å². The van der Waals surface area contributed by atoms with Crippen LogP contribution < -0.4 is 14.8 Å². The smallest absolute Gasteiger partial charge is 0.266 e. The van der Waals surface area contributed by atoms with Gasteiger partial charge in [-0.3, -0.25) is 4.79 Å². The second-order valence-electron chi connectivity index (χ2n) is 6.04. The van der Waals surface area contributed by atoms with Crippen molar-refractivity contribution in [2.24, 2.45) is 0 Å². The summed E-state index contributed by atoms with van der Waals surface area (Å²) < 4.78 is 28.8. The lowest BCUT2D eigenvalue weighted by Gasteiger charge is -2.13. The van der Waals surface area contributed by atoms with Crippen molar-refractivity contribution in [1.82, 2.24) is 10.3 Å². The number of hydrogen-bond donors (Lipinski definition) is 1. The van der Waals surface area contributed by atoms with Gasteiger partial charge >= 0.3 is 0 Å². The van der Waals surface area contributed by atoms with E-state index in [1.54, 1.807) is 19.1 Å². The number of ether oxygens (including phenoxy) is 2. The van der Waals surface area contributed by atoms with Crippen LogP contribution in [0.1, 0.15) is 20.3 Å². The van der Waals surface area contributed by atoms with Crippen LogP contribution in [0.15, 0.2) is 53.2 Å². The Morgan fingerprint density at radius 3 is 2.46 bits per heavy atom. The van der Waals surface area contributed by atoms with Crippen LogP contribution in [0.5, 0.6) is 11.5 Å². The van der Waals surface area contributed by atoms with Gasteiger partial charge in [0.2, 0.25) is 5.82 Å². The summed E-state index contributed by atoms with van der Waals surface area (Å²) in [7, 11) is 0. The van der Waals surface area contributed by atoms with Gasteiger partial charge in [-0.15, -0.1) is 0 Å². The van der Waals surface area contributed by atoms with Crippen molar-refractivity contribution in [3.63, 3.8) is 0 Å². The molecule has 0 unspecified atom stereocenters. The molecule has 3 rings (SSSR count). The van der Waals surface area contributed by atoms with Crippen LogP contribution in [0.4, 0.5) is 10.2 Å². The molecule has 0 saturated heterocycles. The zero-order valence-electron chi connectivity index (χ0n) is 15.5. The van der Waals surface area contributed by atoms with E-state index in [0.29, 0.717) is 23.6 Å². The SMILES string of the molecule is CCCOc1ccc(-c2nonc2NC(=O)[C@H](C)Oc2ccc(F)cc2)cc1. The first-order valence-electron chi connectivity index (χ1n) is 8.85. The summed E-state index contributed by atoms with van der Waals surface area (Å²) in [6, 6.07) is 12.6. The largest absolute Gasteiger partial charge is 0.494 e. The molecule has 28 heavy (non-hydrogen) atoms. The van der Waals surface area contributed by atoms with E-state index in [1.807, 2.05) is 19.1 Å². The Kier molecular flexibility index (Phi) is 6.21. The van der Waals surface area contributed by atoms with Gasteiger partial charge in [0.05, 0.1) is 6.61 Å². The molecule has 0 saturated carbocycles.